The fourth-order valence-electron chi connectivity index (χ4n) is 4.27. The number of aromatic amines is 1. The van der Waals surface area contributed by atoms with Gasteiger partial charge in [0.2, 0.25) is 0 Å². The van der Waals surface area contributed by atoms with Gasteiger partial charge in [-0.3, -0.25) is 14.5 Å². The Balaban J connectivity index is 1.78. The number of aromatic hydroxyl groups is 1. The van der Waals surface area contributed by atoms with Crippen LogP contribution in [0, 0.1) is 6.92 Å². The minimum absolute atomic E-state index is 0.0214. The van der Waals surface area contributed by atoms with Crippen molar-refractivity contribution in [1.29, 1.82) is 0 Å². The Hall–Kier alpha value is -4.32. The van der Waals surface area contributed by atoms with Crippen LogP contribution in [0.25, 0.3) is 16.7 Å². The lowest BCUT2D eigenvalue weighted by molar-refractivity contribution is -0.132. The minimum Gasteiger partial charge on any atom is -0.507 e. The summed E-state index contributed by atoms with van der Waals surface area (Å²) in [5.41, 5.74) is 2.91. The predicted octanol–water partition coefficient (Wildman–Crippen LogP) is 4.81. The molecule has 4 aromatic rings. The van der Waals surface area contributed by atoms with Crippen molar-refractivity contribution in [2.75, 3.05) is 4.90 Å². The van der Waals surface area contributed by atoms with Crippen LogP contribution in [-0.2, 0) is 9.59 Å². The molecule has 2 heterocycles. The summed E-state index contributed by atoms with van der Waals surface area (Å²) in [6, 6.07) is 20.4. The third kappa shape index (κ3) is 2.96. The molecule has 3 N–H and O–H groups in total. The van der Waals surface area contributed by atoms with Gasteiger partial charge in [-0.2, -0.15) is 0 Å². The van der Waals surface area contributed by atoms with E-state index in [0.717, 1.165) is 16.5 Å². The molecule has 158 valence electrons. The molecule has 1 saturated heterocycles. The number of aliphatic hydroxyl groups is 1. The van der Waals surface area contributed by atoms with E-state index in [1.165, 1.54) is 11.0 Å². The number of aromatic nitrogens is 1. The topological polar surface area (TPSA) is 93.6 Å². The molecular formula is C26H20N2O4. The maximum absolute atomic E-state index is 13.2. The summed E-state index contributed by atoms with van der Waals surface area (Å²) in [6.07, 6.45) is 1.62. The molecular weight excluding hydrogens is 404 g/mol. The molecule has 1 fully saturated rings. The van der Waals surface area contributed by atoms with Gasteiger partial charge in [0.25, 0.3) is 11.7 Å². The number of aliphatic hydroxyl groups excluding tert-OH is 1. The molecule has 6 heteroatoms. The van der Waals surface area contributed by atoms with Crippen molar-refractivity contribution in [1.82, 2.24) is 4.98 Å². The lowest BCUT2D eigenvalue weighted by Crippen LogP contribution is -2.29. The number of fused-ring (bicyclic) bond motifs is 1. The summed E-state index contributed by atoms with van der Waals surface area (Å²) in [7, 11) is 0. The van der Waals surface area contributed by atoms with Crippen LogP contribution in [0.1, 0.15) is 22.7 Å². The minimum atomic E-state index is -0.891. The number of ketones is 1. The van der Waals surface area contributed by atoms with E-state index < -0.39 is 17.7 Å². The Kier molecular flexibility index (Phi) is 4.56. The van der Waals surface area contributed by atoms with E-state index in [1.807, 2.05) is 37.3 Å². The molecule has 0 radical (unpaired) electrons. The Morgan fingerprint density at radius 2 is 1.69 bits per heavy atom. The van der Waals surface area contributed by atoms with Gasteiger partial charge in [-0.15, -0.1) is 0 Å². The molecule has 0 bridgehead atoms. The van der Waals surface area contributed by atoms with Gasteiger partial charge in [-0.1, -0.05) is 54.6 Å². The van der Waals surface area contributed by atoms with Crippen molar-refractivity contribution in [2.24, 2.45) is 0 Å². The summed E-state index contributed by atoms with van der Waals surface area (Å²) in [5.74, 6) is -1.99. The van der Waals surface area contributed by atoms with Crippen LogP contribution < -0.4 is 4.90 Å². The second kappa shape index (κ2) is 7.42. The lowest BCUT2D eigenvalue weighted by Gasteiger charge is -2.26. The van der Waals surface area contributed by atoms with E-state index in [-0.39, 0.29) is 22.8 Å². The molecule has 1 amide bonds. The maximum Gasteiger partial charge on any atom is 0.300 e. The number of phenols is 1. The third-order valence-electron chi connectivity index (χ3n) is 5.79. The van der Waals surface area contributed by atoms with Gasteiger partial charge in [-0.05, 0) is 36.2 Å². The van der Waals surface area contributed by atoms with Crippen LogP contribution >= 0.6 is 0 Å². The van der Waals surface area contributed by atoms with Crippen molar-refractivity contribution in [3.8, 4) is 5.75 Å². The molecule has 0 aliphatic carbocycles. The standard InChI is InChI=1S/C26H20N2O4/c1-15-11-12-21(29)20(13-15)28-23(16-7-3-2-4-8-16)22(25(31)26(28)32)24(30)18-14-27-19-10-6-5-9-17(18)19/h2-14,23,27,29-30H,1H3/b24-22-. The van der Waals surface area contributed by atoms with Crippen molar-refractivity contribution < 1.29 is 19.8 Å². The van der Waals surface area contributed by atoms with Crippen molar-refractivity contribution >= 4 is 34.0 Å². The van der Waals surface area contributed by atoms with Gasteiger partial charge < -0.3 is 15.2 Å². The molecule has 1 aliphatic heterocycles. The van der Waals surface area contributed by atoms with Gasteiger partial charge in [0.1, 0.15) is 11.5 Å². The fraction of sp³-hybridized carbons (Fsp3) is 0.0769. The number of rotatable bonds is 3. The molecule has 0 spiro atoms. The first-order valence-electron chi connectivity index (χ1n) is 10.2. The zero-order chi connectivity index (χ0) is 22.4. The summed E-state index contributed by atoms with van der Waals surface area (Å²) < 4.78 is 0. The molecule has 1 unspecified atom stereocenters. The van der Waals surface area contributed by atoms with Crippen LogP contribution in [-0.4, -0.2) is 26.9 Å². The SMILES string of the molecule is Cc1ccc(O)c(N2C(=O)C(=O)/C(=C(\O)c3c[nH]c4ccccc34)C2c2ccccc2)c1. The smallest absolute Gasteiger partial charge is 0.300 e. The fourth-order valence-corrected chi connectivity index (χ4v) is 4.27. The molecule has 1 aromatic heterocycles. The molecule has 1 atom stereocenters. The number of H-pyrrole nitrogens is 1. The van der Waals surface area contributed by atoms with Gasteiger partial charge in [0.15, 0.2) is 0 Å². The Labute approximate surface area is 184 Å². The number of amides is 1. The number of anilines is 1. The first-order valence-corrected chi connectivity index (χ1v) is 10.2. The zero-order valence-corrected chi connectivity index (χ0v) is 17.2. The number of phenolic OH excluding ortho intramolecular Hbond substituents is 1. The van der Waals surface area contributed by atoms with E-state index in [4.69, 9.17) is 0 Å². The quantitative estimate of drug-likeness (QED) is 0.250. The van der Waals surface area contributed by atoms with E-state index in [1.54, 1.807) is 42.6 Å². The summed E-state index contributed by atoms with van der Waals surface area (Å²) in [6.45, 7) is 1.84. The van der Waals surface area contributed by atoms with Crippen LogP contribution in [0.15, 0.2) is 84.6 Å². The highest BCUT2D eigenvalue weighted by Crippen LogP contribution is 2.45. The van der Waals surface area contributed by atoms with Gasteiger partial charge in [0.05, 0.1) is 17.3 Å². The first-order chi connectivity index (χ1) is 15.5. The number of para-hydroxylation sites is 1. The number of nitrogens with zero attached hydrogens (tertiary/aromatic N) is 1. The van der Waals surface area contributed by atoms with E-state index in [0.29, 0.717) is 11.1 Å². The lowest BCUT2D eigenvalue weighted by atomic mass is 9.95. The van der Waals surface area contributed by atoms with E-state index in [9.17, 15) is 19.8 Å². The number of carbonyl (C=O) groups excluding carboxylic acids is 2. The van der Waals surface area contributed by atoms with Crippen molar-refractivity contribution in [2.45, 2.75) is 13.0 Å². The monoisotopic (exact) mass is 424 g/mol. The number of hydrogen-bond donors (Lipinski definition) is 3. The molecule has 0 saturated carbocycles. The highest BCUT2D eigenvalue weighted by Gasteiger charge is 2.47. The molecule has 32 heavy (non-hydrogen) atoms. The molecule has 3 aromatic carbocycles. The van der Waals surface area contributed by atoms with E-state index in [2.05, 4.69) is 4.98 Å². The molecule has 6 nitrogen and oxygen atoms in total. The number of nitrogens with one attached hydrogen (secondary N) is 1. The summed E-state index contributed by atoms with van der Waals surface area (Å²) >= 11 is 0. The van der Waals surface area contributed by atoms with Crippen LogP contribution in [0.3, 0.4) is 0 Å². The number of aryl methyl sites for hydroxylation is 1. The Morgan fingerprint density at radius 1 is 0.969 bits per heavy atom. The Bertz CT molecular complexity index is 1400. The molecule has 5 rings (SSSR count). The van der Waals surface area contributed by atoms with Crippen molar-refractivity contribution in [3.05, 3.63) is 101 Å². The van der Waals surface area contributed by atoms with Crippen LogP contribution in [0.4, 0.5) is 5.69 Å². The van der Waals surface area contributed by atoms with Crippen LogP contribution in [0.2, 0.25) is 0 Å². The first kappa shape index (κ1) is 19.6. The average Bonchev–Trinajstić information content (AvgIpc) is 3.35. The second-order valence-electron chi connectivity index (χ2n) is 7.82. The van der Waals surface area contributed by atoms with Gasteiger partial charge >= 0.3 is 0 Å². The van der Waals surface area contributed by atoms with Gasteiger partial charge in [-0.25, -0.2) is 0 Å². The van der Waals surface area contributed by atoms with Crippen molar-refractivity contribution in [3.63, 3.8) is 0 Å². The Morgan fingerprint density at radius 3 is 2.47 bits per heavy atom. The summed E-state index contributed by atoms with van der Waals surface area (Å²) in [5, 5.41) is 22.6. The number of Topliss-reactive ketones (excluding diaryl/α,β-unsaturated/α-hetero) is 1. The van der Waals surface area contributed by atoms with Gasteiger partial charge in [0, 0.05) is 22.7 Å². The molecule has 1 aliphatic rings. The average molecular weight is 424 g/mol. The second-order valence-corrected chi connectivity index (χ2v) is 7.82. The van der Waals surface area contributed by atoms with Crippen LogP contribution in [0.5, 0.6) is 5.75 Å². The predicted molar refractivity (Wildman–Crippen MR) is 122 cm³/mol. The third-order valence-corrected chi connectivity index (χ3v) is 5.79. The highest BCUT2D eigenvalue weighted by molar-refractivity contribution is 6.52. The summed E-state index contributed by atoms with van der Waals surface area (Å²) in [4.78, 5) is 30.8. The number of benzene rings is 3. The normalized spacial score (nSPS) is 17.9. The number of carbonyl (C=O) groups is 2. The zero-order valence-electron chi connectivity index (χ0n) is 17.2. The highest BCUT2D eigenvalue weighted by atomic mass is 16.3. The van der Waals surface area contributed by atoms with E-state index >= 15 is 0 Å². The number of hydrogen-bond acceptors (Lipinski definition) is 4. The largest absolute Gasteiger partial charge is 0.507 e. The maximum atomic E-state index is 13.2.